The minimum atomic E-state index is -0.523. The number of halogens is 1. The van der Waals surface area contributed by atoms with Gasteiger partial charge in [-0.15, -0.1) is 11.3 Å². The summed E-state index contributed by atoms with van der Waals surface area (Å²) in [6.07, 6.45) is 0. The number of thiophene rings is 1. The van der Waals surface area contributed by atoms with Crippen LogP contribution in [0.15, 0.2) is 29.6 Å². The van der Waals surface area contributed by atoms with E-state index in [1.807, 2.05) is 0 Å². The quantitative estimate of drug-likeness (QED) is 0.687. The fourth-order valence-corrected chi connectivity index (χ4v) is 2.49. The molecule has 0 radical (unpaired) electrons. The van der Waals surface area contributed by atoms with Crippen molar-refractivity contribution < 1.29 is 4.92 Å². The maximum absolute atomic E-state index is 10.6. The van der Waals surface area contributed by atoms with Gasteiger partial charge in [0.05, 0.1) is 10.5 Å². The van der Waals surface area contributed by atoms with E-state index in [4.69, 9.17) is 16.9 Å². The van der Waals surface area contributed by atoms with Crippen molar-refractivity contribution in [2.75, 3.05) is 5.32 Å². The Morgan fingerprint density at radius 3 is 2.84 bits per heavy atom. The monoisotopic (exact) mass is 293 g/mol. The summed E-state index contributed by atoms with van der Waals surface area (Å²) in [5, 5.41) is 24.3. The summed E-state index contributed by atoms with van der Waals surface area (Å²) < 4.78 is 0. The van der Waals surface area contributed by atoms with Gasteiger partial charge < -0.3 is 5.32 Å². The molecule has 0 amide bonds. The number of nitrogens with zero attached hydrogens (tertiary/aromatic N) is 2. The van der Waals surface area contributed by atoms with Gasteiger partial charge in [0.1, 0.15) is 11.1 Å². The molecule has 2 aromatic rings. The molecule has 96 valence electrons. The van der Waals surface area contributed by atoms with Crippen LogP contribution in [0.4, 0.5) is 11.4 Å². The predicted molar refractivity (Wildman–Crippen MR) is 74.5 cm³/mol. The first-order valence-electron chi connectivity index (χ1n) is 5.25. The Morgan fingerprint density at radius 2 is 2.26 bits per heavy atom. The minimum Gasteiger partial charge on any atom is -0.380 e. The van der Waals surface area contributed by atoms with Gasteiger partial charge in [0, 0.05) is 28.6 Å². The third-order valence-electron chi connectivity index (χ3n) is 2.39. The molecule has 1 aromatic heterocycles. The number of nitriles is 1. The van der Waals surface area contributed by atoms with Crippen molar-refractivity contribution in [3.05, 3.63) is 55.2 Å². The van der Waals surface area contributed by atoms with E-state index in [1.54, 1.807) is 17.5 Å². The lowest BCUT2D eigenvalue weighted by Gasteiger charge is -2.05. The van der Waals surface area contributed by atoms with Crippen molar-refractivity contribution in [3.63, 3.8) is 0 Å². The highest BCUT2D eigenvalue weighted by Crippen LogP contribution is 2.27. The van der Waals surface area contributed by atoms with Crippen molar-refractivity contribution in [2.45, 2.75) is 6.54 Å². The fourth-order valence-electron chi connectivity index (χ4n) is 1.49. The summed E-state index contributed by atoms with van der Waals surface area (Å²) in [5.74, 6) is 0. The maximum Gasteiger partial charge on any atom is 0.288 e. The van der Waals surface area contributed by atoms with E-state index in [1.165, 1.54) is 23.5 Å². The first-order valence-corrected chi connectivity index (χ1v) is 6.51. The number of anilines is 1. The van der Waals surface area contributed by atoms with Gasteiger partial charge in [-0.3, -0.25) is 10.1 Å². The van der Waals surface area contributed by atoms with E-state index >= 15 is 0 Å². The van der Waals surface area contributed by atoms with Crippen LogP contribution in [-0.4, -0.2) is 4.92 Å². The molecular weight excluding hydrogens is 286 g/mol. The topological polar surface area (TPSA) is 79.0 Å². The summed E-state index contributed by atoms with van der Waals surface area (Å²) in [7, 11) is 0. The third kappa shape index (κ3) is 3.22. The Bertz CT molecular complexity index is 663. The molecule has 1 heterocycles. The van der Waals surface area contributed by atoms with E-state index < -0.39 is 4.92 Å². The molecule has 2 rings (SSSR count). The molecule has 0 aliphatic carbocycles. The molecule has 0 saturated heterocycles. The second kappa shape index (κ2) is 5.69. The van der Waals surface area contributed by atoms with Gasteiger partial charge in [0.15, 0.2) is 0 Å². The maximum atomic E-state index is 10.6. The largest absolute Gasteiger partial charge is 0.380 e. The summed E-state index contributed by atoms with van der Waals surface area (Å²) in [6, 6.07) is 8.33. The zero-order chi connectivity index (χ0) is 13.8. The van der Waals surface area contributed by atoms with Crippen LogP contribution in [0, 0.1) is 21.4 Å². The molecule has 7 heteroatoms. The van der Waals surface area contributed by atoms with Gasteiger partial charge in [-0.1, -0.05) is 11.6 Å². The van der Waals surface area contributed by atoms with Crippen LogP contribution >= 0.6 is 22.9 Å². The molecule has 0 spiro atoms. The molecule has 0 aliphatic rings. The van der Waals surface area contributed by atoms with Crippen molar-refractivity contribution in [1.29, 1.82) is 5.26 Å². The fraction of sp³-hybridized carbons (Fsp3) is 0.0833. The van der Waals surface area contributed by atoms with Gasteiger partial charge in [0.2, 0.25) is 0 Å². The van der Waals surface area contributed by atoms with Crippen molar-refractivity contribution in [2.24, 2.45) is 0 Å². The summed E-state index contributed by atoms with van der Waals surface area (Å²) in [5.41, 5.74) is 1.21. The van der Waals surface area contributed by atoms with Crippen LogP contribution in [0.1, 0.15) is 10.4 Å². The van der Waals surface area contributed by atoms with Crippen LogP contribution in [0.25, 0.3) is 0 Å². The highest BCUT2D eigenvalue weighted by Gasteiger charge is 2.11. The van der Waals surface area contributed by atoms with E-state index in [-0.39, 0.29) is 10.7 Å². The molecule has 19 heavy (non-hydrogen) atoms. The second-order valence-electron chi connectivity index (χ2n) is 3.69. The molecule has 5 nitrogen and oxygen atoms in total. The number of hydrogen-bond donors (Lipinski definition) is 1. The Labute approximate surface area is 118 Å². The number of nitro groups is 1. The number of benzene rings is 1. The first-order chi connectivity index (χ1) is 9.10. The molecule has 1 N–H and O–H groups in total. The Hall–Kier alpha value is -2.10. The smallest absolute Gasteiger partial charge is 0.288 e. The third-order valence-corrected chi connectivity index (χ3v) is 3.63. The highest BCUT2D eigenvalue weighted by molar-refractivity contribution is 7.10. The van der Waals surface area contributed by atoms with E-state index in [0.717, 1.165) is 4.88 Å². The highest BCUT2D eigenvalue weighted by atomic mass is 35.5. The molecule has 0 fully saturated rings. The van der Waals surface area contributed by atoms with Crippen molar-refractivity contribution in [1.82, 2.24) is 0 Å². The van der Waals surface area contributed by atoms with Gasteiger partial charge in [-0.2, -0.15) is 5.26 Å². The van der Waals surface area contributed by atoms with Gasteiger partial charge >= 0.3 is 0 Å². The molecule has 1 aromatic carbocycles. The van der Waals surface area contributed by atoms with E-state index in [9.17, 15) is 10.1 Å². The number of nitrogens with one attached hydrogen (secondary N) is 1. The summed E-state index contributed by atoms with van der Waals surface area (Å²) in [4.78, 5) is 11.1. The zero-order valence-electron chi connectivity index (χ0n) is 9.59. The predicted octanol–water partition coefficient (Wildman–Crippen LogP) is 3.79. The van der Waals surface area contributed by atoms with Crippen LogP contribution in [0.3, 0.4) is 0 Å². The van der Waals surface area contributed by atoms with Crippen molar-refractivity contribution in [3.8, 4) is 6.07 Å². The zero-order valence-corrected chi connectivity index (χ0v) is 11.2. The van der Waals surface area contributed by atoms with Gasteiger partial charge in [-0.25, -0.2) is 0 Å². The van der Waals surface area contributed by atoms with Crippen molar-refractivity contribution >= 4 is 34.3 Å². The lowest BCUT2D eigenvalue weighted by atomic mass is 10.2. The molecule has 0 aliphatic heterocycles. The Balaban J connectivity index is 2.06. The average molecular weight is 294 g/mol. The molecular formula is C12H8ClN3O2S. The Kier molecular flexibility index (Phi) is 4.00. The summed E-state index contributed by atoms with van der Waals surface area (Å²) >= 11 is 7.29. The van der Waals surface area contributed by atoms with Gasteiger partial charge in [-0.05, 0) is 18.2 Å². The second-order valence-corrected chi connectivity index (χ2v) is 5.09. The molecule has 0 bridgehead atoms. The van der Waals surface area contributed by atoms with Crippen LogP contribution in [0.2, 0.25) is 5.02 Å². The standard InChI is InChI=1S/C12H8ClN3O2S/c13-11-4-9(1-2-12(11)16(17)18)15-6-10-3-8(5-14)7-19-10/h1-4,7,15H,6H2. The number of hydrogen-bond acceptors (Lipinski definition) is 5. The SMILES string of the molecule is N#Cc1csc(CNc2ccc([N+](=O)[O-])c(Cl)c2)c1. The van der Waals surface area contributed by atoms with Crippen LogP contribution in [-0.2, 0) is 6.54 Å². The minimum absolute atomic E-state index is 0.0962. The summed E-state index contributed by atoms with van der Waals surface area (Å²) in [6.45, 7) is 0.542. The molecule has 0 saturated carbocycles. The number of rotatable bonds is 4. The molecule has 0 atom stereocenters. The van der Waals surface area contributed by atoms with Crippen LogP contribution < -0.4 is 5.32 Å². The number of nitro benzene ring substituents is 1. The van der Waals surface area contributed by atoms with Gasteiger partial charge in [0.25, 0.3) is 5.69 Å². The van der Waals surface area contributed by atoms with E-state index in [0.29, 0.717) is 17.8 Å². The molecule has 0 unspecified atom stereocenters. The normalized spacial score (nSPS) is 9.89. The average Bonchev–Trinajstić information content (AvgIpc) is 2.84. The van der Waals surface area contributed by atoms with Crippen LogP contribution in [0.5, 0.6) is 0 Å². The lowest BCUT2D eigenvalue weighted by molar-refractivity contribution is -0.384. The van der Waals surface area contributed by atoms with E-state index in [2.05, 4.69) is 11.4 Å². The lowest BCUT2D eigenvalue weighted by Crippen LogP contribution is -1.98. The Morgan fingerprint density at radius 1 is 1.47 bits per heavy atom. The first kappa shape index (κ1) is 13.3.